The predicted octanol–water partition coefficient (Wildman–Crippen LogP) is 3.90. The second kappa shape index (κ2) is 9.95. The molecule has 9 nitrogen and oxygen atoms in total. The quantitative estimate of drug-likeness (QED) is 0.596. The van der Waals surface area contributed by atoms with Gasteiger partial charge in [0.05, 0.1) is 12.4 Å². The molecule has 2 N–H and O–H groups in total. The van der Waals surface area contributed by atoms with Crippen LogP contribution in [0, 0.1) is 11.7 Å². The highest BCUT2D eigenvalue weighted by Gasteiger charge is 2.35. The molecule has 2 aliphatic carbocycles. The van der Waals surface area contributed by atoms with Gasteiger partial charge < -0.3 is 20.3 Å². The molecule has 1 amide bonds. The Balaban J connectivity index is 1.11. The van der Waals surface area contributed by atoms with Crippen LogP contribution in [0.1, 0.15) is 65.0 Å². The Morgan fingerprint density at radius 1 is 1.08 bits per heavy atom. The van der Waals surface area contributed by atoms with Gasteiger partial charge in [-0.3, -0.25) is 4.68 Å². The fraction of sp³-hybridized carbons (Fsp3) is 0.692. The van der Waals surface area contributed by atoms with E-state index in [1.807, 2.05) is 32.5 Å². The summed E-state index contributed by atoms with van der Waals surface area (Å²) in [6.45, 7) is 7.04. The SMILES string of the molecule is Cn1ncc(-c2nc(N[C@H]3CC[C@H](NC4CN(C(=O)OC(C)(C)C)C4)CC3)ncc2F)c1CC1CC1. The van der Waals surface area contributed by atoms with Crippen molar-refractivity contribution >= 4 is 12.0 Å². The molecule has 3 aliphatic rings. The van der Waals surface area contributed by atoms with Crippen molar-refractivity contribution in [1.29, 1.82) is 0 Å². The Morgan fingerprint density at radius 3 is 2.44 bits per heavy atom. The van der Waals surface area contributed by atoms with Crippen molar-refractivity contribution in [3.8, 4) is 11.3 Å². The molecule has 1 saturated heterocycles. The standard InChI is InChI=1S/C26H38FN7O2/c1-26(2,3)36-25(35)34-14-19(15-34)30-17-7-9-18(10-8-17)31-24-28-13-21(27)23(32-24)20-12-29-33(4)22(20)11-16-5-6-16/h12-13,16-19,30H,5-11,14-15H2,1-4H3,(H,28,31,32)/t17-,18-. The lowest BCUT2D eigenvalue weighted by atomic mass is 9.90. The Morgan fingerprint density at radius 2 is 1.78 bits per heavy atom. The van der Waals surface area contributed by atoms with Gasteiger partial charge in [-0.2, -0.15) is 5.10 Å². The van der Waals surface area contributed by atoms with Crippen LogP contribution in [0.5, 0.6) is 0 Å². The monoisotopic (exact) mass is 499 g/mol. The summed E-state index contributed by atoms with van der Waals surface area (Å²) in [6, 6.07) is 0.999. The number of rotatable bonds is 7. The van der Waals surface area contributed by atoms with E-state index in [9.17, 15) is 9.18 Å². The van der Waals surface area contributed by atoms with Crippen molar-refractivity contribution in [2.24, 2.45) is 13.0 Å². The first-order chi connectivity index (χ1) is 17.1. The van der Waals surface area contributed by atoms with Crippen LogP contribution in [-0.2, 0) is 18.2 Å². The first-order valence-corrected chi connectivity index (χ1v) is 13.2. The number of nitrogens with one attached hydrogen (secondary N) is 2. The van der Waals surface area contributed by atoms with E-state index in [-0.39, 0.29) is 12.1 Å². The fourth-order valence-electron chi connectivity index (χ4n) is 5.10. The van der Waals surface area contributed by atoms with E-state index in [0.29, 0.717) is 42.7 Å². The van der Waals surface area contributed by atoms with Crippen LogP contribution >= 0.6 is 0 Å². The largest absolute Gasteiger partial charge is 0.444 e. The number of likely N-dealkylation sites (tertiary alicyclic amines) is 1. The number of carbonyl (C=O) groups is 1. The van der Waals surface area contributed by atoms with Crippen LogP contribution in [-0.4, -0.2) is 67.6 Å². The summed E-state index contributed by atoms with van der Waals surface area (Å²) in [5, 5.41) is 11.5. The predicted molar refractivity (Wildman–Crippen MR) is 135 cm³/mol. The van der Waals surface area contributed by atoms with Gasteiger partial charge in [0.15, 0.2) is 5.82 Å². The average Bonchev–Trinajstić information content (AvgIpc) is 3.54. The van der Waals surface area contributed by atoms with Crippen molar-refractivity contribution in [3.05, 3.63) is 23.9 Å². The summed E-state index contributed by atoms with van der Waals surface area (Å²) >= 11 is 0. The average molecular weight is 500 g/mol. The Bertz CT molecular complexity index is 1080. The topological polar surface area (TPSA) is 97.2 Å². The summed E-state index contributed by atoms with van der Waals surface area (Å²) in [6.07, 6.45) is 10.1. The third-order valence-corrected chi connectivity index (χ3v) is 7.30. The van der Waals surface area contributed by atoms with Crippen molar-refractivity contribution < 1.29 is 13.9 Å². The molecular weight excluding hydrogens is 461 g/mol. The van der Waals surface area contributed by atoms with E-state index < -0.39 is 11.4 Å². The molecule has 10 heteroatoms. The molecule has 2 aromatic rings. The molecular formula is C26H38FN7O2. The zero-order chi connectivity index (χ0) is 25.4. The molecule has 0 spiro atoms. The molecule has 5 rings (SSSR count). The molecule has 0 bridgehead atoms. The van der Waals surface area contributed by atoms with Crippen molar-refractivity contribution in [2.45, 2.75) is 89.4 Å². The Hall–Kier alpha value is -2.75. The second-order valence-electron chi connectivity index (χ2n) is 11.6. The van der Waals surface area contributed by atoms with Gasteiger partial charge in [-0.25, -0.2) is 19.2 Å². The summed E-state index contributed by atoms with van der Waals surface area (Å²) in [7, 11) is 1.91. The molecule has 36 heavy (non-hydrogen) atoms. The highest BCUT2D eigenvalue weighted by molar-refractivity contribution is 5.69. The Kier molecular flexibility index (Phi) is 6.89. The molecule has 0 aromatic carbocycles. The number of ether oxygens (including phenoxy) is 1. The van der Waals surface area contributed by atoms with E-state index in [1.54, 1.807) is 11.1 Å². The first kappa shape index (κ1) is 24.9. The molecule has 196 valence electrons. The van der Waals surface area contributed by atoms with Crippen LogP contribution in [0.4, 0.5) is 15.1 Å². The summed E-state index contributed by atoms with van der Waals surface area (Å²) in [5.74, 6) is 0.723. The number of hydrogen-bond donors (Lipinski definition) is 2. The van der Waals surface area contributed by atoms with Gasteiger partial charge in [-0.15, -0.1) is 0 Å². The zero-order valence-electron chi connectivity index (χ0n) is 21.8. The van der Waals surface area contributed by atoms with Crippen LogP contribution in [0.3, 0.4) is 0 Å². The van der Waals surface area contributed by atoms with Crippen LogP contribution < -0.4 is 10.6 Å². The Labute approximate surface area is 212 Å². The van der Waals surface area contributed by atoms with Crippen LogP contribution in [0.25, 0.3) is 11.3 Å². The highest BCUT2D eigenvalue weighted by Crippen LogP contribution is 2.36. The van der Waals surface area contributed by atoms with Gasteiger partial charge in [-0.05, 0) is 71.6 Å². The number of carbonyl (C=O) groups excluding carboxylic acids is 1. The number of amides is 1. The maximum Gasteiger partial charge on any atom is 0.410 e. The van der Waals surface area contributed by atoms with Crippen LogP contribution in [0.15, 0.2) is 12.4 Å². The van der Waals surface area contributed by atoms with Crippen LogP contribution in [0.2, 0.25) is 0 Å². The number of anilines is 1. The third kappa shape index (κ3) is 5.96. The lowest BCUT2D eigenvalue weighted by Crippen LogP contribution is -2.62. The molecule has 3 heterocycles. The van der Waals surface area contributed by atoms with E-state index in [4.69, 9.17) is 4.74 Å². The number of nitrogens with zero attached hydrogens (tertiary/aromatic N) is 5. The maximum atomic E-state index is 14.7. The zero-order valence-corrected chi connectivity index (χ0v) is 21.8. The molecule has 0 atom stereocenters. The minimum atomic E-state index is -0.465. The van der Waals surface area contributed by atoms with E-state index in [1.165, 1.54) is 19.0 Å². The number of hydrogen-bond acceptors (Lipinski definition) is 7. The normalized spacial score (nSPS) is 22.9. The van der Waals surface area contributed by atoms with E-state index in [0.717, 1.165) is 43.4 Å². The maximum absolute atomic E-state index is 14.7. The lowest BCUT2D eigenvalue weighted by Gasteiger charge is -2.42. The molecule has 1 aliphatic heterocycles. The van der Waals surface area contributed by atoms with Gasteiger partial charge in [0.1, 0.15) is 11.3 Å². The minimum absolute atomic E-state index is 0.238. The summed E-state index contributed by atoms with van der Waals surface area (Å²) in [4.78, 5) is 22.7. The molecule has 2 aromatic heterocycles. The molecule has 2 saturated carbocycles. The number of halogens is 1. The fourth-order valence-corrected chi connectivity index (χ4v) is 5.10. The highest BCUT2D eigenvalue weighted by atomic mass is 19.1. The lowest BCUT2D eigenvalue weighted by molar-refractivity contribution is 0.00363. The molecule has 3 fully saturated rings. The molecule has 0 radical (unpaired) electrons. The van der Waals surface area contributed by atoms with E-state index in [2.05, 4.69) is 25.7 Å². The van der Waals surface area contributed by atoms with Crippen molar-refractivity contribution in [2.75, 3.05) is 18.4 Å². The van der Waals surface area contributed by atoms with Gasteiger partial charge in [0.25, 0.3) is 0 Å². The van der Waals surface area contributed by atoms with Crippen molar-refractivity contribution in [3.63, 3.8) is 0 Å². The minimum Gasteiger partial charge on any atom is -0.444 e. The van der Waals surface area contributed by atoms with Crippen molar-refractivity contribution in [1.82, 2.24) is 30.0 Å². The van der Waals surface area contributed by atoms with Gasteiger partial charge in [0.2, 0.25) is 5.95 Å². The number of aryl methyl sites for hydroxylation is 1. The first-order valence-electron chi connectivity index (χ1n) is 13.2. The van der Waals surface area contributed by atoms with E-state index >= 15 is 0 Å². The second-order valence-corrected chi connectivity index (χ2v) is 11.6. The van der Waals surface area contributed by atoms with Gasteiger partial charge >= 0.3 is 6.09 Å². The summed E-state index contributed by atoms with van der Waals surface area (Å²) < 4.78 is 22.0. The number of aromatic nitrogens is 4. The van der Waals surface area contributed by atoms with Gasteiger partial charge in [-0.1, -0.05) is 0 Å². The van der Waals surface area contributed by atoms with Gasteiger partial charge in [0, 0.05) is 49.5 Å². The smallest absolute Gasteiger partial charge is 0.410 e. The summed E-state index contributed by atoms with van der Waals surface area (Å²) in [5.41, 5.74) is 1.66. The molecule has 0 unspecified atom stereocenters. The third-order valence-electron chi connectivity index (χ3n) is 7.30.